The highest BCUT2D eigenvalue weighted by Gasteiger charge is 2.15. The van der Waals surface area contributed by atoms with Gasteiger partial charge in [-0.2, -0.15) is 10.2 Å². The summed E-state index contributed by atoms with van der Waals surface area (Å²) in [6.45, 7) is 0. The SMILES string of the molecule is O=C(O)c1ccc(/N=N/c2cccc(C3CCCCC3)c2)cc1. The van der Waals surface area contributed by atoms with Crippen molar-refractivity contribution in [2.45, 2.75) is 38.0 Å². The van der Waals surface area contributed by atoms with Crippen LogP contribution in [0.5, 0.6) is 0 Å². The highest BCUT2D eigenvalue weighted by Crippen LogP contribution is 2.34. The first kappa shape index (κ1) is 15.4. The van der Waals surface area contributed by atoms with Crippen molar-refractivity contribution >= 4 is 17.3 Å². The zero-order valence-corrected chi connectivity index (χ0v) is 13.0. The van der Waals surface area contributed by atoms with Crippen LogP contribution in [0, 0.1) is 0 Å². The van der Waals surface area contributed by atoms with E-state index in [0.717, 1.165) is 5.69 Å². The molecule has 1 fully saturated rings. The minimum absolute atomic E-state index is 0.253. The number of rotatable bonds is 4. The summed E-state index contributed by atoms with van der Waals surface area (Å²) in [5, 5.41) is 17.4. The lowest BCUT2D eigenvalue weighted by molar-refractivity contribution is 0.0697. The summed E-state index contributed by atoms with van der Waals surface area (Å²) < 4.78 is 0. The Labute approximate surface area is 135 Å². The first-order valence-corrected chi connectivity index (χ1v) is 8.07. The third-order valence-electron chi connectivity index (χ3n) is 4.34. The van der Waals surface area contributed by atoms with Crippen molar-refractivity contribution < 1.29 is 9.90 Å². The minimum Gasteiger partial charge on any atom is -0.478 e. The molecule has 4 nitrogen and oxygen atoms in total. The fourth-order valence-corrected chi connectivity index (χ4v) is 3.06. The molecule has 23 heavy (non-hydrogen) atoms. The average molecular weight is 308 g/mol. The van der Waals surface area contributed by atoms with Gasteiger partial charge in [0.05, 0.1) is 16.9 Å². The van der Waals surface area contributed by atoms with Crippen LogP contribution in [-0.2, 0) is 0 Å². The summed E-state index contributed by atoms with van der Waals surface area (Å²) in [7, 11) is 0. The molecule has 0 bridgehead atoms. The molecule has 0 unspecified atom stereocenters. The maximum Gasteiger partial charge on any atom is 0.335 e. The van der Waals surface area contributed by atoms with Crippen LogP contribution < -0.4 is 0 Å². The molecule has 1 aliphatic rings. The molecule has 2 aromatic rings. The molecule has 0 saturated heterocycles. The molecule has 0 radical (unpaired) electrons. The second-order valence-corrected chi connectivity index (χ2v) is 5.98. The topological polar surface area (TPSA) is 62.0 Å². The van der Waals surface area contributed by atoms with Gasteiger partial charge in [0.15, 0.2) is 0 Å². The molecule has 0 spiro atoms. The maximum absolute atomic E-state index is 10.8. The Kier molecular flexibility index (Phi) is 4.81. The fourth-order valence-electron chi connectivity index (χ4n) is 3.06. The Balaban J connectivity index is 1.73. The molecule has 0 aromatic heterocycles. The van der Waals surface area contributed by atoms with Gasteiger partial charge < -0.3 is 5.11 Å². The van der Waals surface area contributed by atoms with Gasteiger partial charge in [0.2, 0.25) is 0 Å². The highest BCUT2D eigenvalue weighted by atomic mass is 16.4. The number of nitrogens with zero attached hydrogens (tertiary/aromatic N) is 2. The minimum atomic E-state index is -0.936. The number of carbonyl (C=O) groups is 1. The highest BCUT2D eigenvalue weighted by molar-refractivity contribution is 5.87. The van der Waals surface area contributed by atoms with Crippen LogP contribution in [0.25, 0.3) is 0 Å². The largest absolute Gasteiger partial charge is 0.478 e. The Morgan fingerprint density at radius 3 is 2.30 bits per heavy atom. The molecule has 0 aliphatic heterocycles. The third-order valence-corrected chi connectivity index (χ3v) is 4.34. The number of hydrogen-bond acceptors (Lipinski definition) is 3. The van der Waals surface area contributed by atoms with E-state index in [1.165, 1.54) is 49.8 Å². The van der Waals surface area contributed by atoms with Crippen molar-refractivity contribution in [3.05, 3.63) is 59.7 Å². The Bertz CT molecular complexity index is 702. The summed E-state index contributed by atoms with van der Waals surface area (Å²) >= 11 is 0. The summed E-state index contributed by atoms with van der Waals surface area (Å²) in [4.78, 5) is 10.8. The number of carboxylic acid groups (broad SMARTS) is 1. The van der Waals surface area contributed by atoms with E-state index in [1.54, 1.807) is 12.1 Å². The van der Waals surface area contributed by atoms with E-state index in [1.807, 2.05) is 12.1 Å². The molecule has 0 heterocycles. The van der Waals surface area contributed by atoms with E-state index in [2.05, 4.69) is 22.4 Å². The van der Waals surface area contributed by atoms with E-state index in [9.17, 15) is 4.79 Å². The molecule has 4 heteroatoms. The number of hydrogen-bond donors (Lipinski definition) is 1. The predicted octanol–water partition coefficient (Wildman–Crippen LogP) is 5.85. The molecular weight excluding hydrogens is 288 g/mol. The lowest BCUT2D eigenvalue weighted by Crippen LogP contribution is -2.03. The lowest BCUT2D eigenvalue weighted by Gasteiger charge is -2.21. The van der Waals surface area contributed by atoms with Crippen LogP contribution in [0.15, 0.2) is 58.8 Å². The summed E-state index contributed by atoms with van der Waals surface area (Å²) in [6, 6.07) is 14.7. The van der Waals surface area contributed by atoms with Gasteiger partial charge in [-0.3, -0.25) is 0 Å². The fraction of sp³-hybridized carbons (Fsp3) is 0.316. The van der Waals surface area contributed by atoms with Crippen molar-refractivity contribution in [2.24, 2.45) is 10.2 Å². The quantitative estimate of drug-likeness (QED) is 0.720. The van der Waals surface area contributed by atoms with Crippen LogP contribution in [-0.4, -0.2) is 11.1 Å². The van der Waals surface area contributed by atoms with Crippen LogP contribution in [0.4, 0.5) is 11.4 Å². The molecule has 1 aliphatic carbocycles. The molecule has 3 rings (SSSR count). The van der Waals surface area contributed by atoms with E-state index in [-0.39, 0.29) is 5.56 Å². The zero-order chi connectivity index (χ0) is 16.1. The summed E-state index contributed by atoms with van der Waals surface area (Å²) in [6.07, 6.45) is 6.50. The van der Waals surface area contributed by atoms with Crippen molar-refractivity contribution in [1.29, 1.82) is 0 Å². The zero-order valence-electron chi connectivity index (χ0n) is 13.0. The second-order valence-electron chi connectivity index (χ2n) is 5.98. The van der Waals surface area contributed by atoms with E-state index in [4.69, 9.17) is 5.11 Å². The third kappa shape index (κ3) is 4.03. The van der Waals surface area contributed by atoms with Gasteiger partial charge in [0.25, 0.3) is 0 Å². The summed E-state index contributed by atoms with van der Waals surface area (Å²) in [5.74, 6) is -0.289. The molecule has 0 amide bonds. The number of benzene rings is 2. The van der Waals surface area contributed by atoms with Crippen LogP contribution in [0.3, 0.4) is 0 Å². The monoisotopic (exact) mass is 308 g/mol. The van der Waals surface area contributed by atoms with Crippen molar-refractivity contribution in [2.75, 3.05) is 0 Å². The van der Waals surface area contributed by atoms with Gasteiger partial charge in [0, 0.05) is 0 Å². The van der Waals surface area contributed by atoms with E-state index >= 15 is 0 Å². The molecule has 2 aromatic carbocycles. The summed E-state index contributed by atoms with van der Waals surface area (Å²) in [5.41, 5.74) is 3.10. The Morgan fingerprint density at radius 1 is 0.913 bits per heavy atom. The van der Waals surface area contributed by atoms with Gasteiger partial charge in [-0.05, 0) is 60.7 Å². The van der Waals surface area contributed by atoms with Gasteiger partial charge in [-0.25, -0.2) is 4.79 Å². The van der Waals surface area contributed by atoms with Gasteiger partial charge in [0.1, 0.15) is 0 Å². The first-order chi connectivity index (χ1) is 11.2. The molecule has 1 saturated carbocycles. The molecule has 1 N–H and O–H groups in total. The second kappa shape index (κ2) is 7.18. The van der Waals surface area contributed by atoms with Crippen LogP contribution in [0.2, 0.25) is 0 Å². The maximum atomic E-state index is 10.8. The number of azo groups is 1. The lowest BCUT2D eigenvalue weighted by atomic mass is 9.84. The van der Waals surface area contributed by atoms with Gasteiger partial charge in [-0.1, -0.05) is 31.4 Å². The molecular formula is C19H20N2O2. The standard InChI is InChI=1S/C19H20N2O2/c22-19(23)15-9-11-17(12-10-15)20-21-18-8-4-7-16(13-18)14-5-2-1-3-6-14/h4,7-14H,1-3,5-6H2,(H,22,23)/b21-20+. The number of carboxylic acids is 1. The van der Waals surface area contributed by atoms with Gasteiger partial charge >= 0.3 is 5.97 Å². The average Bonchev–Trinajstić information content (AvgIpc) is 2.61. The normalized spacial score (nSPS) is 15.8. The van der Waals surface area contributed by atoms with Crippen molar-refractivity contribution in [3.63, 3.8) is 0 Å². The Hall–Kier alpha value is -2.49. The van der Waals surface area contributed by atoms with Crippen LogP contribution in [0.1, 0.15) is 53.9 Å². The predicted molar refractivity (Wildman–Crippen MR) is 89.8 cm³/mol. The molecule has 118 valence electrons. The number of aromatic carboxylic acids is 1. The first-order valence-electron chi connectivity index (χ1n) is 8.07. The van der Waals surface area contributed by atoms with Crippen LogP contribution >= 0.6 is 0 Å². The van der Waals surface area contributed by atoms with E-state index < -0.39 is 5.97 Å². The van der Waals surface area contributed by atoms with Gasteiger partial charge in [-0.15, -0.1) is 0 Å². The Morgan fingerprint density at radius 2 is 1.61 bits per heavy atom. The van der Waals surface area contributed by atoms with E-state index in [0.29, 0.717) is 11.6 Å². The van der Waals surface area contributed by atoms with Crippen molar-refractivity contribution in [3.8, 4) is 0 Å². The molecule has 0 atom stereocenters. The smallest absolute Gasteiger partial charge is 0.335 e. The van der Waals surface area contributed by atoms with Crippen molar-refractivity contribution in [1.82, 2.24) is 0 Å².